The zero-order valence-corrected chi connectivity index (χ0v) is 16.1. The van der Waals surface area contributed by atoms with Crippen LogP contribution in [0.25, 0.3) is 0 Å². The average molecular weight is 394 g/mol. The van der Waals surface area contributed by atoms with Gasteiger partial charge in [0.2, 0.25) is 5.91 Å². The predicted molar refractivity (Wildman–Crippen MR) is 102 cm³/mol. The van der Waals surface area contributed by atoms with Crippen LogP contribution in [0, 0.1) is 0 Å². The van der Waals surface area contributed by atoms with E-state index >= 15 is 0 Å². The molecule has 1 aromatic heterocycles. The fraction of sp³-hybridized carbons (Fsp3) is 0.611. The number of rotatable bonds is 6. The van der Waals surface area contributed by atoms with E-state index in [-0.39, 0.29) is 24.5 Å². The van der Waals surface area contributed by atoms with Gasteiger partial charge in [0.1, 0.15) is 6.10 Å². The molecule has 2 saturated heterocycles. The van der Waals surface area contributed by atoms with Crippen LogP contribution in [0.2, 0.25) is 0 Å². The molecule has 0 bridgehead atoms. The lowest BCUT2D eigenvalue weighted by Gasteiger charge is -2.35. The summed E-state index contributed by atoms with van der Waals surface area (Å²) in [5.74, 6) is -0.274. The highest BCUT2D eigenvalue weighted by Gasteiger charge is 2.30. The highest BCUT2D eigenvalue weighted by atomic mass is 32.1. The van der Waals surface area contributed by atoms with E-state index in [9.17, 15) is 14.4 Å². The minimum absolute atomic E-state index is 0.0571. The minimum atomic E-state index is -0.469. The standard InChI is InChI=1S/C18H26N4O4S/c23-16(20-18(25)19-6-5-14-3-2-12-27-14)13-21-7-9-22(10-8-21)17(24)15-4-1-11-26-15/h2-3,12,15H,1,4-11,13H2,(H2,19,20,23,25). The van der Waals surface area contributed by atoms with Gasteiger partial charge in [0, 0.05) is 44.2 Å². The van der Waals surface area contributed by atoms with Crippen LogP contribution in [0.5, 0.6) is 0 Å². The van der Waals surface area contributed by atoms with E-state index in [1.807, 2.05) is 27.3 Å². The Bertz CT molecular complexity index is 638. The Morgan fingerprint density at radius 2 is 2.04 bits per heavy atom. The van der Waals surface area contributed by atoms with E-state index in [2.05, 4.69) is 10.6 Å². The van der Waals surface area contributed by atoms with E-state index < -0.39 is 6.03 Å². The van der Waals surface area contributed by atoms with E-state index in [1.165, 1.54) is 4.88 Å². The molecule has 3 rings (SSSR count). The second-order valence-electron chi connectivity index (χ2n) is 6.74. The summed E-state index contributed by atoms with van der Waals surface area (Å²) in [6, 6.07) is 3.51. The minimum Gasteiger partial charge on any atom is -0.368 e. The molecule has 8 nitrogen and oxygen atoms in total. The fourth-order valence-corrected chi connectivity index (χ4v) is 3.98. The Labute approximate surface area is 162 Å². The quantitative estimate of drug-likeness (QED) is 0.731. The monoisotopic (exact) mass is 394 g/mol. The first-order valence-electron chi connectivity index (χ1n) is 9.34. The molecular formula is C18H26N4O4S. The van der Waals surface area contributed by atoms with Gasteiger partial charge in [-0.25, -0.2) is 4.79 Å². The number of carbonyl (C=O) groups excluding carboxylic acids is 3. The first-order chi connectivity index (χ1) is 13.1. The number of hydrogen-bond acceptors (Lipinski definition) is 6. The van der Waals surface area contributed by atoms with Crippen molar-refractivity contribution >= 4 is 29.2 Å². The number of ether oxygens (including phenoxy) is 1. The van der Waals surface area contributed by atoms with Gasteiger partial charge in [0.25, 0.3) is 5.91 Å². The summed E-state index contributed by atoms with van der Waals surface area (Å²) in [5, 5.41) is 7.04. The third-order valence-corrected chi connectivity index (χ3v) is 5.68. The van der Waals surface area contributed by atoms with Crippen LogP contribution in [-0.2, 0) is 20.7 Å². The van der Waals surface area contributed by atoms with Crippen molar-refractivity contribution in [3.63, 3.8) is 0 Å². The maximum absolute atomic E-state index is 12.3. The maximum atomic E-state index is 12.3. The first-order valence-corrected chi connectivity index (χ1v) is 10.2. The Morgan fingerprint density at radius 3 is 2.70 bits per heavy atom. The van der Waals surface area contributed by atoms with Crippen molar-refractivity contribution < 1.29 is 19.1 Å². The Hall–Kier alpha value is -1.97. The van der Waals surface area contributed by atoms with Crippen LogP contribution >= 0.6 is 11.3 Å². The molecular weight excluding hydrogens is 368 g/mol. The SMILES string of the molecule is O=C(CN1CCN(C(=O)C2CCCO2)CC1)NC(=O)NCCc1cccs1. The molecule has 2 N–H and O–H groups in total. The molecule has 0 radical (unpaired) electrons. The van der Waals surface area contributed by atoms with Crippen molar-refractivity contribution in [3.05, 3.63) is 22.4 Å². The molecule has 148 valence electrons. The Morgan fingerprint density at radius 1 is 1.22 bits per heavy atom. The number of amides is 4. The van der Waals surface area contributed by atoms with Crippen LogP contribution in [0.15, 0.2) is 17.5 Å². The number of imide groups is 1. The van der Waals surface area contributed by atoms with Gasteiger partial charge in [0.15, 0.2) is 0 Å². The van der Waals surface area contributed by atoms with Gasteiger partial charge < -0.3 is 15.0 Å². The lowest BCUT2D eigenvalue weighted by Crippen LogP contribution is -2.54. The van der Waals surface area contributed by atoms with Crippen molar-refractivity contribution in [1.29, 1.82) is 0 Å². The van der Waals surface area contributed by atoms with Crippen molar-refractivity contribution in [2.45, 2.75) is 25.4 Å². The maximum Gasteiger partial charge on any atom is 0.321 e. The summed E-state index contributed by atoms with van der Waals surface area (Å²) < 4.78 is 5.45. The summed E-state index contributed by atoms with van der Waals surface area (Å²) in [5.41, 5.74) is 0. The number of thiophene rings is 1. The van der Waals surface area contributed by atoms with Crippen molar-refractivity contribution in [3.8, 4) is 0 Å². The van der Waals surface area contributed by atoms with Crippen molar-refractivity contribution in [2.24, 2.45) is 0 Å². The molecule has 3 heterocycles. The van der Waals surface area contributed by atoms with Crippen LogP contribution in [0.4, 0.5) is 4.79 Å². The molecule has 0 saturated carbocycles. The van der Waals surface area contributed by atoms with E-state index in [0.717, 1.165) is 19.3 Å². The summed E-state index contributed by atoms with van der Waals surface area (Å²) in [4.78, 5) is 41.1. The van der Waals surface area contributed by atoms with E-state index in [0.29, 0.717) is 39.3 Å². The molecule has 9 heteroatoms. The van der Waals surface area contributed by atoms with Gasteiger partial charge in [-0.3, -0.25) is 19.8 Å². The third-order valence-electron chi connectivity index (χ3n) is 4.75. The van der Waals surface area contributed by atoms with Gasteiger partial charge in [-0.2, -0.15) is 0 Å². The molecule has 0 spiro atoms. The highest BCUT2D eigenvalue weighted by Crippen LogP contribution is 2.16. The molecule has 1 aromatic rings. The number of piperazine rings is 1. The fourth-order valence-electron chi connectivity index (χ4n) is 3.27. The summed E-state index contributed by atoms with van der Waals surface area (Å²) in [6.07, 6.45) is 2.19. The zero-order chi connectivity index (χ0) is 19.1. The van der Waals surface area contributed by atoms with Gasteiger partial charge >= 0.3 is 6.03 Å². The van der Waals surface area contributed by atoms with Crippen LogP contribution in [0.3, 0.4) is 0 Å². The Kier molecular flexibility index (Phi) is 7.19. The largest absolute Gasteiger partial charge is 0.368 e. The molecule has 4 amide bonds. The molecule has 2 aliphatic rings. The molecule has 0 aliphatic carbocycles. The summed E-state index contributed by atoms with van der Waals surface area (Å²) in [6.45, 7) is 3.70. The number of carbonyl (C=O) groups is 3. The van der Waals surface area contributed by atoms with Crippen LogP contribution < -0.4 is 10.6 Å². The smallest absolute Gasteiger partial charge is 0.321 e. The predicted octanol–water partition coefficient (Wildman–Crippen LogP) is 0.440. The Balaban J connectivity index is 1.30. The van der Waals surface area contributed by atoms with Crippen molar-refractivity contribution in [1.82, 2.24) is 20.4 Å². The second kappa shape index (κ2) is 9.82. The van der Waals surface area contributed by atoms with E-state index in [4.69, 9.17) is 4.74 Å². The van der Waals surface area contributed by atoms with Crippen LogP contribution in [-0.4, -0.2) is 79.6 Å². The third kappa shape index (κ3) is 6.02. The normalized spacial score (nSPS) is 20.4. The summed E-state index contributed by atoms with van der Waals surface area (Å²) >= 11 is 1.64. The molecule has 27 heavy (non-hydrogen) atoms. The molecule has 1 unspecified atom stereocenters. The molecule has 1 atom stereocenters. The number of urea groups is 1. The average Bonchev–Trinajstić information content (AvgIpc) is 3.35. The lowest BCUT2D eigenvalue weighted by atomic mass is 10.2. The zero-order valence-electron chi connectivity index (χ0n) is 15.3. The topological polar surface area (TPSA) is 91.0 Å². The molecule has 2 fully saturated rings. The number of nitrogens with one attached hydrogen (secondary N) is 2. The highest BCUT2D eigenvalue weighted by molar-refractivity contribution is 7.09. The lowest BCUT2D eigenvalue weighted by molar-refractivity contribution is -0.142. The number of nitrogens with zero attached hydrogens (tertiary/aromatic N) is 2. The molecule has 2 aliphatic heterocycles. The molecule has 0 aromatic carbocycles. The second-order valence-corrected chi connectivity index (χ2v) is 7.77. The van der Waals surface area contributed by atoms with Crippen molar-refractivity contribution in [2.75, 3.05) is 45.9 Å². The number of hydrogen-bond donors (Lipinski definition) is 2. The van der Waals surface area contributed by atoms with Gasteiger partial charge in [-0.15, -0.1) is 11.3 Å². The van der Waals surface area contributed by atoms with Crippen LogP contribution in [0.1, 0.15) is 17.7 Å². The van der Waals surface area contributed by atoms with Gasteiger partial charge in [-0.1, -0.05) is 6.07 Å². The van der Waals surface area contributed by atoms with Gasteiger partial charge in [0.05, 0.1) is 6.54 Å². The first kappa shape index (κ1) is 19.8. The van der Waals surface area contributed by atoms with E-state index in [1.54, 1.807) is 11.3 Å². The summed E-state index contributed by atoms with van der Waals surface area (Å²) in [7, 11) is 0. The van der Waals surface area contributed by atoms with Gasteiger partial charge in [-0.05, 0) is 30.7 Å².